The minimum atomic E-state index is 0.0103. The Morgan fingerprint density at radius 2 is 2.53 bits per heavy atom. The zero-order valence-corrected chi connectivity index (χ0v) is 12.3. The quantitative estimate of drug-likeness (QED) is 0.784. The summed E-state index contributed by atoms with van der Waals surface area (Å²) in [4.78, 5) is 18.4. The molecular weight excluding hydrogens is 304 g/mol. The van der Waals surface area contributed by atoms with Gasteiger partial charge < -0.3 is 9.64 Å². The Morgan fingerprint density at radius 1 is 1.76 bits per heavy atom. The predicted molar refractivity (Wildman–Crippen MR) is 70.9 cm³/mol. The normalized spacial score (nSPS) is 25.0. The molecule has 0 bridgehead atoms. The van der Waals surface area contributed by atoms with E-state index in [1.807, 2.05) is 24.1 Å². The van der Waals surface area contributed by atoms with Crippen LogP contribution in [-0.4, -0.2) is 46.4 Å². The second-order valence-electron chi connectivity index (χ2n) is 4.17. The number of carbonyl (C=O) groups excluding carboxylic acids is 1. The fourth-order valence-corrected chi connectivity index (χ4v) is 2.78. The number of halogens is 1. The first-order valence-electron chi connectivity index (χ1n) is 5.52. The van der Waals surface area contributed by atoms with E-state index in [0.717, 1.165) is 10.3 Å². The molecule has 2 rings (SSSR count). The number of nitrogens with zero attached hydrogens (tertiary/aromatic N) is 2. The van der Waals surface area contributed by atoms with Gasteiger partial charge in [0.15, 0.2) is 0 Å². The lowest BCUT2D eigenvalue weighted by Gasteiger charge is -2.37. The van der Waals surface area contributed by atoms with Gasteiger partial charge in [0.2, 0.25) is 0 Å². The third kappa shape index (κ3) is 2.86. The molecule has 1 aromatic rings. The number of thiazole rings is 1. The molecule has 1 amide bonds. The summed E-state index contributed by atoms with van der Waals surface area (Å²) < 4.78 is 5.60. The number of hydrogen-bond donors (Lipinski definition) is 0. The second kappa shape index (κ2) is 5.46. The zero-order chi connectivity index (χ0) is 12.4. The largest absolute Gasteiger partial charge is 0.373 e. The number of aryl methyl sites for hydroxylation is 1. The van der Waals surface area contributed by atoms with Gasteiger partial charge in [0.05, 0.1) is 23.8 Å². The summed E-state index contributed by atoms with van der Waals surface area (Å²) in [6, 6.07) is 0.111. The molecule has 2 atom stereocenters. The lowest BCUT2D eigenvalue weighted by molar-refractivity contribution is -0.0363. The molecule has 1 saturated heterocycles. The van der Waals surface area contributed by atoms with Gasteiger partial charge in [-0.2, -0.15) is 0 Å². The maximum absolute atomic E-state index is 12.3. The molecule has 2 heterocycles. The summed E-state index contributed by atoms with van der Waals surface area (Å²) >= 11 is 4.90. The zero-order valence-electron chi connectivity index (χ0n) is 9.85. The van der Waals surface area contributed by atoms with E-state index in [0.29, 0.717) is 18.8 Å². The number of aromatic nitrogens is 1. The van der Waals surface area contributed by atoms with Crippen molar-refractivity contribution in [1.29, 1.82) is 0 Å². The number of alkyl halides is 1. The topological polar surface area (TPSA) is 42.4 Å². The number of carbonyl (C=O) groups is 1. The summed E-state index contributed by atoms with van der Waals surface area (Å²) in [6.07, 6.45) is 0.0786. The average Bonchev–Trinajstić information content (AvgIpc) is 2.76. The van der Waals surface area contributed by atoms with E-state index in [1.54, 1.807) is 0 Å². The van der Waals surface area contributed by atoms with Crippen molar-refractivity contribution < 1.29 is 9.53 Å². The van der Waals surface area contributed by atoms with Crippen molar-refractivity contribution in [3.05, 3.63) is 16.1 Å². The van der Waals surface area contributed by atoms with E-state index in [-0.39, 0.29) is 18.1 Å². The van der Waals surface area contributed by atoms with Gasteiger partial charge in [-0.1, -0.05) is 15.9 Å². The number of ether oxygens (including phenoxy) is 1. The molecule has 94 valence electrons. The summed E-state index contributed by atoms with van der Waals surface area (Å²) in [6.45, 7) is 5.13. The van der Waals surface area contributed by atoms with Gasteiger partial charge in [0.1, 0.15) is 5.69 Å². The predicted octanol–water partition coefficient (Wildman–Crippen LogP) is 2.08. The van der Waals surface area contributed by atoms with E-state index in [1.165, 1.54) is 11.3 Å². The van der Waals surface area contributed by atoms with Crippen molar-refractivity contribution in [1.82, 2.24) is 9.88 Å². The molecule has 1 aliphatic heterocycles. The first kappa shape index (κ1) is 13.0. The van der Waals surface area contributed by atoms with Crippen LogP contribution in [0.15, 0.2) is 5.38 Å². The highest BCUT2D eigenvalue weighted by Gasteiger charge is 2.30. The van der Waals surface area contributed by atoms with Crippen LogP contribution in [0.5, 0.6) is 0 Å². The van der Waals surface area contributed by atoms with Gasteiger partial charge >= 0.3 is 0 Å². The molecule has 4 nitrogen and oxygen atoms in total. The molecule has 1 aromatic heterocycles. The van der Waals surface area contributed by atoms with E-state index in [9.17, 15) is 4.79 Å². The molecule has 0 aromatic carbocycles. The minimum Gasteiger partial charge on any atom is -0.373 e. The standard InChI is InChI=1S/C11H15BrN2O2S/c1-7-5-16-9(3-12)4-14(7)11(15)10-6-17-8(2)13-10/h6-7,9H,3-5H2,1-2H3. The van der Waals surface area contributed by atoms with Gasteiger partial charge in [0.25, 0.3) is 5.91 Å². The third-order valence-corrected chi connectivity index (χ3v) is 4.27. The van der Waals surface area contributed by atoms with Crippen molar-refractivity contribution in [3.63, 3.8) is 0 Å². The summed E-state index contributed by atoms with van der Waals surface area (Å²) in [5.41, 5.74) is 0.551. The van der Waals surface area contributed by atoms with Crippen LogP contribution in [-0.2, 0) is 4.74 Å². The lowest BCUT2D eigenvalue weighted by atomic mass is 10.2. The number of amides is 1. The Balaban J connectivity index is 2.12. The molecular formula is C11H15BrN2O2S. The van der Waals surface area contributed by atoms with E-state index < -0.39 is 0 Å². The van der Waals surface area contributed by atoms with Gasteiger partial charge in [-0.25, -0.2) is 4.98 Å². The fourth-order valence-electron chi connectivity index (χ4n) is 1.80. The average molecular weight is 319 g/mol. The molecule has 0 N–H and O–H groups in total. The van der Waals surface area contributed by atoms with Crippen LogP contribution in [0.4, 0.5) is 0 Å². The molecule has 0 radical (unpaired) electrons. The monoisotopic (exact) mass is 318 g/mol. The third-order valence-electron chi connectivity index (χ3n) is 2.78. The molecule has 17 heavy (non-hydrogen) atoms. The maximum atomic E-state index is 12.3. The summed E-state index contributed by atoms with van der Waals surface area (Å²) in [5, 5.41) is 3.49. The highest BCUT2D eigenvalue weighted by molar-refractivity contribution is 9.09. The van der Waals surface area contributed by atoms with Crippen molar-refractivity contribution >= 4 is 33.2 Å². The van der Waals surface area contributed by atoms with Gasteiger partial charge in [-0.3, -0.25) is 4.79 Å². The van der Waals surface area contributed by atoms with Crippen molar-refractivity contribution in [3.8, 4) is 0 Å². The highest BCUT2D eigenvalue weighted by Crippen LogP contribution is 2.18. The SMILES string of the molecule is Cc1nc(C(=O)N2CC(CBr)OCC2C)cs1. The van der Waals surface area contributed by atoms with Crippen LogP contribution in [0.2, 0.25) is 0 Å². The van der Waals surface area contributed by atoms with Crippen LogP contribution in [0.25, 0.3) is 0 Å². The van der Waals surface area contributed by atoms with Crippen LogP contribution in [0.3, 0.4) is 0 Å². The van der Waals surface area contributed by atoms with Crippen molar-refractivity contribution in [2.75, 3.05) is 18.5 Å². The maximum Gasteiger partial charge on any atom is 0.273 e. The van der Waals surface area contributed by atoms with E-state index >= 15 is 0 Å². The van der Waals surface area contributed by atoms with Gasteiger partial charge in [-0.15, -0.1) is 11.3 Å². The van der Waals surface area contributed by atoms with E-state index in [2.05, 4.69) is 20.9 Å². The summed E-state index contributed by atoms with van der Waals surface area (Å²) in [7, 11) is 0. The Bertz CT molecular complexity index is 410. The molecule has 6 heteroatoms. The van der Waals surface area contributed by atoms with Gasteiger partial charge in [-0.05, 0) is 13.8 Å². The molecule has 0 aliphatic carbocycles. The highest BCUT2D eigenvalue weighted by atomic mass is 79.9. The van der Waals surface area contributed by atoms with Crippen LogP contribution in [0.1, 0.15) is 22.4 Å². The molecule has 0 spiro atoms. The molecule has 1 fully saturated rings. The fraction of sp³-hybridized carbons (Fsp3) is 0.636. The smallest absolute Gasteiger partial charge is 0.273 e. The molecule has 1 aliphatic rings. The second-order valence-corrected chi connectivity index (χ2v) is 5.88. The van der Waals surface area contributed by atoms with Crippen LogP contribution in [0, 0.1) is 6.92 Å². The Morgan fingerprint density at radius 3 is 3.12 bits per heavy atom. The van der Waals surface area contributed by atoms with Crippen molar-refractivity contribution in [2.45, 2.75) is 26.0 Å². The Labute approximate surface area is 113 Å². The van der Waals surface area contributed by atoms with Gasteiger partial charge in [0, 0.05) is 17.3 Å². The van der Waals surface area contributed by atoms with E-state index in [4.69, 9.17) is 4.74 Å². The van der Waals surface area contributed by atoms with Crippen molar-refractivity contribution in [2.24, 2.45) is 0 Å². The van der Waals surface area contributed by atoms with Crippen LogP contribution < -0.4 is 0 Å². The molecule has 2 unspecified atom stereocenters. The minimum absolute atomic E-state index is 0.0103. The number of morpholine rings is 1. The number of hydrogen-bond acceptors (Lipinski definition) is 4. The first-order chi connectivity index (χ1) is 8.11. The molecule has 0 saturated carbocycles. The Hall–Kier alpha value is -0.460. The number of rotatable bonds is 2. The first-order valence-corrected chi connectivity index (χ1v) is 7.52. The lowest BCUT2D eigenvalue weighted by Crippen LogP contribution is -2.51. The summed E-state index contributed by atoms with van der Waals surface area (Å²) in [5.74, 6) is 0.0103. The Kier molecular flexibility index (Phi) is 4.17. The van der Waals surface area contributed by atoms with Crippen LogP contribution >= 0.6 is 27.3 Å².